The number of allylic oxidation sites excluding steroid dienone is 2. The molecule has 1 atom stereocenters. The van der Waals surface area contributed by atoms with Gasteiger partial charge >= 0.3 is 5.97 Å². The Morgan fingerprint density at radius 1 is 1.08 bits per heavy atom. The number of ether oxygens (including phenoxy) is 2. The Labute approximate surface area is 218 Å². The highest BCUT2D eigenvalue weighted by atomic mass is 32.1. The first-order valence-electron chi connectivity index (χ1n) is 12.0. The van der Waals surface area contributed by atoms with Crippen LogP contribution in [-0.2, 0) is 9.53 Å². The van der Waals surface area contributed by atoms with E-state index in [1.54, 1.807) is 31.6 Å². The van der Waals surface area contributed by atoms with Gasteiger partial charge in [-0.3, -0.25) is 9.36 Å². The molecular weight excluding hydrogens is 484 g/mol. The van der Waals surface area contributed by atoms with Gasteiger partial charge in [-0.15, -0.1) is 0 Å². The van der Waals surface area contributed by atoms with E-state index in [0.29, 0.717) is 26.4 Å². The van der Waals surface area contributed by atoms with Crippen LogP contribution < -0.4 is 19.6 Å². The summed E-state index contributed by atoms with van der Waals surface area (Å²) in [4.78, 5) is 32.3. The summed E-state index contributed by atoms with van der Waals surface area (Å²) < 4.78 is 13.3. The lowest BCUT2D eigenvalue weighted by molar-refractivity contribution is -0.139. The van der Waals surface area contributed by atoms with Gasteiger partial charge in [-0.1, -0.05) is 84.2 Å². The molecule has 0 aliphatic carbocycles. The van der Waals surface area contributed by atoms with E-state index in [9.17, 15) is 9.59 Å². The van der Waals surface area contributed by atoms with Gasteiger partial charge in [0.2, 0.25) is 0 Å². The molecule has 186 valence electrons. The van der Waals surface area contributed by atoms with Crippen LogP contribution in [0.4, 0.5) is 0 Å². The third-order valence-corrected chi connectivity index (χ3v) is 7.28. The number of aromatic nitrogens is 1. The molecule has 0 unspecified atom stereocenters. The Bertz CT molecular complexity index is 1730. The second kappa shape index (κ2) is 10.4. The Morgan fingerprint density at radius 2 is 1.84 bits per heavy atom. The van der Waals surface area contributed by atoms with Crippen molar-refractivity contribution in [1.29, 1.82) is 0 Å². The topological polar surface area (TPSA) is 69.9 Å². The van der Waals surface area contributed by atoms with Crippen molar-refractivity contribution in [3.63, 3.8) is 0 Å². The van der Waals surface area contributed by atoms with E-state index in [1.807, 2.05) is 78.9 Å². The molecule has 0 amide bonds. The molecule has 6 nitrogen and oxygen atoms in total. The number of nitrogens with zero attached hydrogens (tertiary/aromatic N) is 2. The fraction of sp³-hybridized carbons (Fsp3) is 0.167. The smallest absolute Gasteiger partial charge is 0.338 e. The van der Waals surface area contributed by atoms with Crippen molar-refractivity contribution in [1.82, 2.24) is 4.57 Å². The quantitative estimate of drug-likeness (QED) is 0.355. The summed E-state index contributed by atoms with van der Waals surface area (Å²) in [5, 5.41) is 1.87. The third kappa shape index (κ3) is 4.54. The molecule has 1 aliphatic heterocycles. The van der Waals surface area contributed by atoms with Crippen molar-refractivity contribution in [2.24, 2.45) is 4.99 Å². The maximum absolute atomic E-state index is 13.8. The lowest BCUT2D eigenvalue weighted by Gasteiger charge is -2.27. The SMILES string of the molecule is CCOC(=O)C1=C(C)N=c2s/c(=C/C=C/c3ccccc3)c(=O)n2[C@H]1c1c(OC)ccc2ccccc12. The first kappa shape index (κ1) is 24.5. The highest BCUT2D eigenvalue weighted by molar-refractivity contribution is 7.07. The number of benzene rings is 3. The molecule has 1 aromatic heterocycles. The predicted molar refractivity (Wildman–Crippen MR) is 147 cm³/mol. The van der Waals surface area contributed by atoms with Crippen LogP contribution in [0.25, 0.3) is 22.9 Å². The van der Waals surface area contributed by atoms with Gasteiger partial charge in [0.15, 0.2) is 4.80 Å². The molecule has 1 aliphatic rings. The van der Waals surface area contributed by atoms with E-state index >= 15 is 0 Å². The minimum absolute atomic E-state index is 0.212. The minimum Gasteiger partial charge on any atom is -0.496 e. The molecule has 37 heavy (non-hydrogen) atoms. The number of thiazole rings is 1. The Kier molecular flexibility index (Phi) is 6.88. The standard InChI is InChI=1S/C30H26N2O4S/c1-4-36-29(34)25-19(2)31-30-32(28(33)24(37-30)16-10-13-20-11-6-5-7-12-20)27(25)26-22-15-9-8-14-21(22)17-18-23(26)35-3/h5-18,27H,4H2,1-3H3/b13-10+,24-16+/t27-/m1/s1. The van der Waals surface area contributed by atoms with Crippen LogP contribution in [0.2, 0.25) is 0 Å². The van der Waals surface area contributed by atoms with Crippen molar-refractivity contribution in [3.05, 3.63) is 115 Å². The molecule has 0 bridgehead atoms. The zero-order chi connectivity index (χ0) is 25.9. The van der Waals surface area contributed by atoms with Crippen LogP contribution in [-0.4, -0.2) is 24.3 Å². The van der Waals surface area contributed by atoms with Gasteiger partial charge in [-0.25, -0.2) is 9.79 Å². The Balaban J connectivity index is 1.77. The van der Waals surface area contributed by atoms with Crippen molar-refractivity contribution >= 4 is 40.2 Å². The lowest BCUT2D eigenvalue weighted by Crippen LogP contribution is -2.40. The van der Waals surface area contributed by atoms with Crippen LogP contribution in [0.1, 0.15) is 31.0 Å². The van der Waals surface area contributed by atoms with Crippen LogP contribution in [0.5, 0.6) is 5.75 Å². The summed E-state index contributed by atoms with van der Waals surface area (Å²) in [6, 6.07) is 20.8. The van der Waals surface area contributed by atoms with Crippen LogP contribution in [0, 0.1) is 0 Å². The number of rotatable bonds is 6. The summed E-state index contributed by atoms with van der Waals surface area (Å²) in [7, 11) is 1.59. The van der Waals surface area contributed by atoms with Crippen LogP contribution in [0.3, 0.4) is 0 Å². The van der Waals surface area contributed by atoms with Crippen molar-refractivity contribution in [2.75, 3.05) is 13.7 Å². The minimum atomic E-state index is -0.753. The van der Waals surface area contributed by atoms with E-state index in [-0.39, 0.29) is 12.2 Å². The molecule has 4 aromatic rings. The van der Waals surface area contributed by atoms with Gasteiger partial charge in [0, 0.05) is 5.56 Å². The summed E-state index contributed by atoms with van der Waals surface area (Å²) >= 11 is 1.30. The maximum atomic E-state index is 13.8. The predicted octanol–water partition coefficient (Wildman–Crippen LogP) is 4.63. The largest absolute Gasteiger partial charge is 0.496 e. The maximum Gasteiger partial charge on any atom is 0.338 e. The molecule has 0 spiro atoms. The molecule has 0 N–H and O–H groups in total. The number of hydrogen-bond donors (Lipinski definition) is 0. The van der Waals surface area contributed by atoms with Gasteiger partial charge in [0.25, 0.3) is 5.56 Å². The number of hydrogen-bond acceptors (Lipinski definition) is 6. The number of carbonyl (C=O) groups excluding carboxylic acids is 1. The number of fused-ring (bicyclic) bond motifs is 2. The second-order valence-corrected chi connectivity index (χ2v) is 9.51. The van der Waals surface area contributed by atoms with Crippen molar-refractivity contribution < 1.29 is 14.3 Å². The van der Waals surface area contributed by atoms with Gasteiger partial charge in [-0.05, 0) is 42.3 Å². The Hall–Kier alpha value is -4.23. The van der Waals surface area contributed by atoms with Gasteiger partial charge in [0.1, 0.15) is 11.8 Å². The summed E-state index contributed by atoms with van der Waals surface area (Å²) in [5.41, 5.74) is 2.38. The highest BCUT2D eigenvalue weighted by Gasteiger charge is 2.36. The summed E-state index contributed by atoms with van der Waals surface area (Å²) in [6.45, 7) is 3.75. The van der Waals surface area contributed by atoms with E-state index in [2.05, 4.69) is 4.99 Å². The number of methoxy groups -OCH3 is 1. The third-order valence-electron chi connectivity index (χ3n) is 6.28. The van der Waals surface area contributed by atoms with Crippen molar-refractivity contribution in [3.8, 4) is 5.75 Å². The average molecular weight is 511 g/mol. The normalized spacial score (nSPS) is 15.6. The molecule has 0 fully saturated rings. The fourth-order valence-electron chi connectivity index (χ4n) is 4.63. The van der Waals surface area contributed by atoms with E-state index in [0.717, 1.165) is 21.9 Å². The zero-order valence-corrected chi connectivity index (χ0v) is 21.6. The van der Waals surface area contributed by atoms with E-state index in [1.165, 1.54) is 11.3 Å². The van der Waals surface area contributed by atoms with Crippen LogP contribution in [0.15, 0.2) is 93.9 Å². The van der Waals surface area contributed by atoms with Gasteiger partial charge in [-0.2, -0.15) is 0 Å². The van der Waals surface area contributed by atoms with E-state index in [4.69, 9.17) is 9.47 Å². The second-order valence-electron chi connectivity index (χ2n) is 8.50. The molecule has 5 rings (SSSR count). The highest BCUT2D eigenvalue weighted by Crippen LogP contribution is 2.40. The van der Waals surface area contributed by atoms with Crippen molar-refractivity contribution in [2.45, 2.75) is 19.9 Å². The summed E-state index contributed by atoms with van der Waals surface area (Å²) in [6.07, 6.45) is 5.59. The lowest BCUT2D eigenvalue weighted by atomic mass is 9.90. The Morgan fingerprint density at radius 3 is 2.59 bits per heavy atom. The zero-order valence-electron chi connectivity index (χ0n) is 20.8. The number of esters is 1. The average Bonchev–Trinajstić information content (AvgIpc) is 3.22. The molecule has 3 aromatic carbocycles. The fourth-order valence-corrected chi connectivity index (χ4v) is 5.62. The first-order valence-corrected chi connectivity index (χ1v) is 12.8. The van der Waals surface area contributed by atoms with Gasteiger partial charge in [0.05, 0.1) is 29.5 Å². The molecular formula is C30H26N2O4S. The molecule has 7 heteroatoms. The van der Waals surface area contributed by atoms with Crippen LogP contribution >= 0.6 is 11.3 Å². The molecule has 0 saturated heterocycles. The molecule has 0 radical (unpaired) electrons. The monoisotopic (exact) mass is 510 g/mol. The first-order chi connectivity index (χ1) is 18.0. The van der Waals surface area contributed by atoms with Gasteiger partial charge < -0.3 is 9.47 Å². The molecule has 2 heterocycles. The molecule has 0 saturated carbocycles. The van der Waals surface area contributed by atoms with E-state index < -0.39 is 12.0 Å². The number of carbonyl (C=O) groups is 1. The summed E-state index contributed by atoms with van der Waals surface area (Å²) in [5.74, 6) is 0.0840.